The Labute approximate surface area is 104 Å². The second-order valence-corrected chi connectivity index (χ2v) is 4.41. The van der Waals surface area contributed by atoms with Gasteiger partial charge < -0.3 is 5.43 Å². The van der Waals surface area contributed by atoms with Crippen LogP contribution in [-0.4, -0.2) is 15.0 Å². The van der Waals surface area contributed by atoms with Gasteiger partial charge in [0.15, 0.2) is 5.16 Å². The number of aromatic nitrogens is 3. The van der Waals surface area contributed by atoms with Gasteiger partial charge in [-0.3, -0.25) is 0 Å². The molecule has 0 radical (unpaired) electrons. The predicted molar refractivity (Wildman–Crippen MR) is 68.4 cm³/mol. The number of hydrogen-bond acceptors (Lipinski definition) is 6. The Kier molecular flexibility index (Phi) is 3.89. The van der Waals surface area contributed by atoms with Crippen LogP contribution in [0.3, 0.4) is 0 Å². The van der Waals surface area contributed by atoms with Crippen LogP contribution in [0.15, 0.2) is 35.7 Å². The number of pyridine rings is 1. The first kappa shape index (κ1) is 11.8. The number of hydrazine groups is 1. The average molecular weight is 247 g/mol. The van der Waals surface area contributed by atoms with Crippen LogP contribution >= 0.6 is 11.8 Å². The Morgan fingerprint density at radius 2 is 2.18 bits per heavy atom. The smallest absolute Gasteiger partial charge is 0.188 e. The van der Waals surface area contributed by atoms with Crippen LogP contribution in [0.2, 0.25) is 0 Å². The molecule has 88 valence electrons. The summed E-state index contributed by atoms with van der Waals surface area (Å²) in [5.74, 6) is 6.69. The van der Waals surface area contributed by atoms with Crippen molar-refractivity contribution in [2.45, 2.75) is 17.8 Å². The number of rotatable bonds is 4. The van der Waals surface area contributed by atoms with Crippen molar-refractivity contribution in [2.24, 2.45) is 5.84 Å². The molecule has 6 heteroatoms. The van der Waals surface area contributed by atoms with Gasteiger partial charge in [-0.25, -0.2) is 20.8 Å². The fraction of sp³-hybridized carbons (Fsp3) is 0.182. The number of nitrogens with two attached hydrogens (primary N) is 1. The van der Waals surface area contributed by atoms with Crippen LogP contribution in [0.4, 0.5) is 5.82 Å². The van der Waals surface area contributed by atoms with Gasteiger partial charge in [-0.1, -0.05) is 17.8 Å². The third kappa shape index (κ3) is 3.40. The summed E-state index contributed by atoms with van der Waals surface area (Å²) in [6.45, 7) is 1.95. The summed E-state index contributed by atoms with van der Waals surface area (Å²) in [6.07, 6.45) is 3.56. The lowest BCUT2D eigenvalue weighted by Crippen LogP contribution is -2.08. The molecule has 17 heavy (non-hydrogen) atoms. The molecule has 0 aliphatic carbocycles. The maximum atomic E-state index is 5.24. The first-order valence-electron chi connectivity index (χ1n) is 5.12. The highest BCUT2D eigenvalue weighted by atomic mass is 32.2. The van der Waals surface area contributed by atoms with Gasteiger partial charge in [0.05, 0.1) is 0 Å². The van der Waals surface area contributed by atoms with Crippen molar-refractivity contribution in [3.05, 3.63) is 41.9 Å². The molecule has 0 fully saturated rings. The van der Waals surface area contributed by atoms with Gasteiger partial charge in [0.25, 0.3) is 0 Å². The molecule has 0 saturated heterocycles. The molecule has 2 heterocycles. The number of aryl methyl sites for hydroxylation is 1. The van der Waals surface area contributed by atoms with Crippen LogP contribution in [-0.2, 0) is 5.75 Å². The molecule has 3 N–H and O–H groups in total. The lowest BCUT2D eigenvalue weighted by atomic mass is 10.3. The van der Waals surface area contributed by atoms with E-state index in [0.717, 1.165) is 22.2 Å². The summed E-state index contributed by atoms with van der Waals surface area (Å²) >= 11 is 1.59. The Bertz CT molecular complexity index is 485. The molecule has 2 rings (SSSR count). The molecule has 0 aromatic carbocycles. The van der Waals surface area contributed by atoms with E-state index in [9.17, 15) is 0 Å². The zero-order chi connectivity index (χ0) is 12.1. The van der Waals surface area contributed by atoms with E-state index in [4.69, 9.17) is 5.84 Å². The van der Waals surface area contributed by atoms with Gasteiger partial charge in [0.1, 0.15) is 5.82 Å². The summed E-state index contributed by atoms with van der Waals surface area (Å²) in [5.41, 5.74) is 4.58. The SMILES string of the molecule is Cc1ccnc(SCc2ccc(NN)nc2)n1. The van der Waals surface area contributed by atoms with Crippen LogP contribution in [0.5, 0.6) is 0 Å². The minimum atomic E-state index is 0.658. The van der Waals surface area contributed by atoms with Gasteiger partial charge in [-0.15, -0.1) is 0 Å². The lowest BCUT2D eigenvalue weighted by molar-refractivity contribution is 0.931. The summed E-state index contributed by atoms with van der Waals surface area (Å²) in [4.78, 5) is 12.6. The number of nitrogens with one attached hydrogen (secondary N) is 1. The van der Waals surface area contributed by atoms with Gasteiger partial charge in [0.2, 0.25) is 0 Å². The normalized spacial score (nSPS) is 10.2. The van der Waals surface area contributed by atoms with Crippen molar-refractivity contribution in [3.63, 3.8) is 0 Å². The molecular formula is C11H13N5S. The van der Waals surface area contributed by atoms with Crippen molar-refractivity contribution in [1.29, 1.82) is 0 Å². The van der Waals surface area contributed by atoms with Crippen LogP contribution < -0.4 is 11.3 Å². The highest BCUT2D eigenvalue weighted by Gasteiger charge is 2.00. The minimum Gasteiger partial charge on any atom is -0.308 e. The summed E-state index contributed by atoms with van der Waals surface area (Å²) in [6, 6.07) is 5.70. The molecule has 0 spiro atoms. The molecule has 0 unspecified atom stereocenters. The summed E-state index contributed by atoms with van der Waals surface area (Å²) < 4.78 is 0. The highest BCUT2D eigenvalue weighted by Crippen LogP contribution is 2.18. The topological polar surface area (TPSA) is 76.7 Å². The van der Waals surface area contributed by atoms with E-state index in [2.05, 4.69) is 20.4 Å². The van der Waals surface area contributed by atoms with Gasteiger partial charge in [0, 0.05) is 23.8 Å². The van der Waals surface area contributed by atoms with Crippen molar-refractivity contribution in [3.8, 4) is 0 Å². The second kappa shape index (κ2) is 5.60. The van der Waals surface area contributed by atoms with Crippen molar-refractivity contribution < 1.29 is 0 Å². The quantitative estimate of drug-likeness (QED) is 0.371. The van der Waals surface area contributed by atoms with Crippen LogP contribution in [0, 0.1) is 6.92 Å². The largest absolute Gasteiger partial charge is 0.308 e. The Balaban J connectivity index is 1.97. The second-order valence-electron chi connectivity index (χ2n) is 3.47. The molecule has 2 aromatic rings. The van der Waals surface area contributed by atoms with Gasteiger partial charge >= 0.3 is 0 Å². The molecule has 0 aliphatic rings. The standard InChI is InChI=1S/C11H13N5S/c1-8-4-5-13-11(15-8)17-7-9-2-3-10(16-12)14-6-9/h2-6H,7,12H2,1H3,(H,14,16). The molecule has 0 saturated carbocycles. The minimum absolute atomic E-state index is 0.658. The summed E-state index contributed by atoms with van der Waals surface area (Å²) in [5, 5.41) is 0.783. The molecule has 5 nitrogen and oxygen atoms in total. The van der Waals surface area contributed by atoms with Crippen LogP contribution in [0.1, 0.15) is 11.3 Å². The average Bonchev–Trinajstić information content (AvgIpc) is 2.37. The summed E-state index contributed by atoms with van der Waals surface area (Å²) in [7, 11) is 0. The fourth-order valence-corrected chi connectivity index (χ4v) is 2.05. The van der Waals surface area contributed by atoms with E-state index in [1.807, 2.05) is 25.1 Å². The van der Waals surface area contributed by atoms with Gasteiger partial charge in [-0.05, 0) is 24.6 Å². The third-order valence-electron chi connectivity index (χ3n) is 2.11. The Hall–Kier alpha value is -1.66. The number of nitrogen functional groups attached to an aromatic ring is 1. The maximum Gasteiger partial charge on any atom is 0.188 e. The van der Waals surface area contributed by atoms with Crippen molar-refractivity contribution in [2.75, 3.05) is 5.43 Å². The van der Waals surface area contributed by atoms with E-state index in [1.165, 1.54) is 0 Å². The van der Waals surface area contributed by atoms with E-state index < -0.39 is 0 Å². The highest BCUT2D eigenvalue weighted by molar-refractivity contribution is 7.98. The number of nitrogens with zero attached hydrogens (tertiary/aromatic N) is 3. The molecule has 0 amide bonds. The number of thioether (sulfide) groups is 1. The van der Waals surface area contributed by atoms with E-state index in [0.29, 0.717) is 5.82 Å². The number of hydrogen-bond donors (Lipinski definition) is 2. The fourth-order valence-electron chi connectivity index (χ4n) is 1.24. The predicted octanol–water partition coefficient (Wildman–Crippen LogP) is 1.76. The molecule has 0 aliphatic heterocycles. The van der Waals surface area contributed by atoms with Crippen molar-refractivity contribution in [1.82, 2.24) is 15.0 Å². The maximum absolute atomic E-state index is 5.24. The first-order valence-corrected chi connectivity index (χ1v) is 6.10. The molecular weight excluding hydrogens is 234 g/mol. The zero-order valence-electron chi connectivity index (χ0n) is 9.42. The lowest BCUT2D eigenvalue weighted by Gasteiger charge is -2.02. The third-order valence-corrected chi connectivity index (χ3v) is 3.05. The Morgan fingerprint density at radius 3 is 2.82 bits per heavy atom. The van der Waals surface area contributed by atoms with Gasteiger partial charge in [-0.2, -0.15) is 0 Å². The monoisotopic (exact) mass is 247 g/mol. The van der Waals surface area contributed by atoms with E-state index in [1.54, 1.807) is 24.2 Å². The molecule has 0 atom stereocenters. The van der Waals surface area contributed by atoms with E-state index in [-0.39, 0.29) is 0 Å². The Morgan fingerprint density at radius 1 is 1.29 bits per heavy atom. The van der Waals surface area contributed by atoms with E-state index >= 15 is 0 Å². The molecule has 2 aromatic heterocycles. The first-order chi connectivity index (χ1) is 8.28. The zero-order valence-corrected chi connectivity index (χ0v) is 10.2. The molecule has 0 bridgehead atoms. The van der Waals surface area contributed by atoms with Crippen LogP contribution in [0.25, 0.3) is 0 Å². The van der Waals surface area contributed by atoms with Crippen molar-refractivity contribution >= 4 is 17.6 Å². The number of anilines is 1.